The summed E-state index contributed by atoms with van der Waals surface area (Å²) >= 11 is 0. The van der Waals surface area contributed by atoms with Gasteiger partial charge in [-0.05, 0) is 38.9 Å². The van der Waals surface area contributed by atoms with Crippen molar-refractivity contribution in [2.75, 3.05) is 19.6 Å². The van der Waals surface area contributed by atoms with Crippen LogP contribution in [0.4, 0.5) is 87.8 Å². The van der Waals surface area contributed by atoms with Crippen LogP contribution < -0.4 is 0 Å². The lowest BCUT2D eigenvalue weighted by Gasteiger charge is -2.21. The van der Waals surface area contributed by atoms with Crippen LogP contribution in [-0.4, -0.2) is 24.5 Å². The first kappa shape index (κ1) is 52.4. The van der Waals surface area contributed by atoms with Gasteiger partial charge in [0.15, 0.2) is 93.1 Å². The molecule has 1 nitrogen and oxygen atoms in total. The van der Waals surface area contributed by atoms with Gasteiger partial charge in [-0.15, -0.1) is 0 Å². The van der Waals surface area contributed by atoms with Gasteiger partial charge in [0.25, 0.3) is 0 Å². The van der Waals surface area contributed by atoms with Crippen LogP contribution in [-0.2, 0) is 0 Å². The number of halogens is 20. The molecule has 0 aliphatic carbocycles. The van der Waals surface area contributed by atoms with E-state index >= 15 is 0 Å². The summed E-state index contributed by atoms with van der Waals surface area (Å²) in [6.45, 7) is 10.8. The smallest absolute Gasteiger partial charge is 0.200 e. The van der Waals surface area contributed by atoms with E-state index in [4.69, 9.17) is 0 Å². The molecule has 57 heavy (non-hydrogen) atoms. The summed E-state index contributed by atoms with van der Waals surface area (Å²) in [7, 11) is 0. The van der Waals surface area contributed by atoms with Gasteiger partial charge in [0.2, 0.25) is 23.3 Å². The molecule has 0 heterocycles. The number of nitrogens with zero attached hydrogens (tertiary/aromatic N) is 1. The molecular weight excluding hydrogens is 826 g/mol. The van der Waals surface area contributed by atoms with Crippen LogP contribution in [0.1, 0.15) is 59.3 Å². The lowest BCUT2D eigenvalue weighted by Crippen LogP contribution is -2.27. The average molecular weight is 858 g/mol. The number of unbranched alkanes of at least 4 members (excludes halogenated alkanes) is 3. The fourth-order valence-corrected chi connectivity index (χ4v) is 3.66. The van der Waals surface area contributed by atoms with E-state index in [-0.39, 0.29) is 24.3 Å². The normalized spacial score (nSPS) is 10.5. The van der Waals surface area contributed by atoms with E-state index < -0.39 is 116 Å². The fraction of sp³-hybridized carbons (Fsp3) is 0.333. The van der Waals surface area contributed by atoms with Crippen LogP contribution in [0.5, 0.6) is 0 Å². The van der Waals surface area contributed by atoms with E-state index in [1.807, 2.05) is 0 Å². The van der Waals surface area contributed by atoms with Crippen molar-refractivity contribution in [2.24, 2.45) is 0 Å². The highest BCUT2D eigenvalue weighted by atomic mass is 19.2. The molecule has 0 unspecified atom stereocenters. The van der Waals surface area contributed by atoms with Crippen molar-refractivity contribution in [3.8, 4) is 0 Å². The number of hydrogen-bond acceptors (Lipinski definition) is 1. The predicted octanol–water partition coefficient (Wildman–Crippen LogP) is 13.2. The highest BCUT2D eigenvalue weighted by Gasteiger charge is 2.21. The molecule has 4 aromatic rings. The summed E-state index contributed by atoms with van der Waals surface area (Å²) in [5.41, 5.74) is 0. The van der Waals surface area contributed by atoms with Crippen LogP contribution in [0.15, 0.2) is 24.3 Å². The molecule has 0 aromatic heterocycles. The maximum absolute atomic E-state index is 12.0. The summed E-state index contributed by atoms with van der Waals surface area (Å²) in [5, 5.41) is 0. The zero-order valence-corrected chi connectivity index (χ0v) is 29.7. The minimum absolute atomic E-state index is 0.0618. The van der Waals surface area contributed by atoms with Crippen molar-refractivity contribution in [3.63, 3.8) is 0 Å². The second-order valence-electron chi connectivity index (χ2n) is 11.0. The molecule has 0 atom stereocenters. The molecule has 320 valence electrons. The zero-order chi connectivity index (χ0) is 44.3. The number of hydrogen-bond donors (Lipinski definition) is 0. The zero-order valence-electron chi connectivity index (χ0n) is 29.7. The molecule has 0 fully saturated rings. The van der Waals surface area contributed by atoms with E-state index in [0.717, 1.165) is 0 Å². The van der Waals surface area contributed by atoms with E-state index in [0.29, 0.717) is 0 Å². The molecule has 0 saturated heterocycles. The Morgan fingerprint density at radius 1 is 0.263 bits per heavy atom. The first-order valence-electron chi connectivity index (χ1n) is 16.2. The third-order valence-corrected chi connectivity index (χ3v) is 6.72. The Morgan fingerprint density at radius 2 is 0.404 bits per heavy atom. The van der Waals surface area contributed by atoms with E-state index in [9.17, 15) is 87.8 Å². The Hall–Kier alpha value is -4.56. The Bertz CT molecular complexity index is 1520. The molecule has 0 radical (unpaired) electrons. The van der Waals surface area contributed by atoms with Gasteiger partial charge in [-0.3, -0.25) is 0 Å². The summed E-state index contributed by atoms with van der Waals surface area (Å²) < 4.78 is 240. The lowest BCUT2D eigenvalue weighted by atomic mass is 10.2. The van der Waals surface area contributed by atoms with Crippen molar-refractivity contribution in [3.05, 3.63) is 141 Å². The van der Waals surface area contributed by atoms with Crippen LogP contribution in [0.3, 0.4) is 0 Å². The third kappa shape index (κ3) is 16.4. The first-order valence-corrected chi connectivity index (χ1v) is 16.2. The van der Waals surface area contributed by atoms with E-state index in [2.05, 4.69) is 25.7 Å². The topological polar surface area (TPSA) is 3.24 Å². The predicted molar refractivity (Wildman–Crippen MR) is 166 cm³/mol. The second kappa shape index (κ2) is 25.6. The number of benzene rings is 4. The minimum atomic E-state index is -2.14. The number of rotatable bonds is 9. The van der Waals surface area contributed by atoms with Gasteiger partial charge in [-0.1, -0.05) is 40.0 Å². The minimum Gasteiger partial charge on any atom is -0.303 e. The molecule has 0 spiro atoms. The van der Waals surface area contributed by atoms with Gasteiger partial charge in [-0.2, -0.15) is 0 Å². The molecule has 0 bridgehead atoms. The van der Waals surface area contributed by atoms with Crippen LogP contribution in [0.2, 0.25) is 0 Å². The lowest BCUT2D eigenvalue weighted by molar-refractivity contribution is 0.261. The largest absolute Gasteiger partial charge is 0.303 e. The quantitative estimate of drug-likeness (QED) is 0.0921. The highest BCUT2D eigenvalue weighted by molar-refractivity contribution is 5.15. The summed E-state index contributed by atoms with van der Waals surface area (Å²) in [4.78, 5) is 2.64. The van der Waals surface area contributed by atoms with E-state index in [1.54, 1.807) is 0 Å². The molecule has 0 aliphatic heterocycles. The molecular formula is C36H31F20N. The van der Waals surface area contributed by atoms with Crippen molar-refractivity contribution < 1.29 is 87.8 Å². The van der Waals surface area contributed by atoms with Crippen molar-refractivity contribution in [2.45, 2.75) is 59.3 Å². The molecule has 0 aliphatic rings. The Labute approximate surface area is 312 Å². The fourth-order valence-electron chi connectivity index (χ4n) is 3.66. The molecule has 0 amide bonds. The average Bonchev–Trinajstić information content (AvgIpc) is 3.18. The van der Waals surface area contributed by atoms with Crippen molar-refractivity contribution in [1.82, 2.24) is 4.90 Å². The summed E-state index contributed by atoms with van der Waals surface area (Å²) in [6.07, 6.45) is 8.09. The monoisotopic (exact) mass is 857 g/mol. The van der Waals surface area contributed by atoms with Crippen molar-refractivity contribution >= 4 is 0 Å². The maximum Gasteiger partial charge on any atom is 0.200 e. The van der Waals surface area contributed by atoms with Crippen molar-refractivity contribution in [1.29, 1.82) is 0 Å². The molecule has 21 heteroatoms. The Kier molecular flexibility index (Phi) is 23.6. The Morgan fingerprint density at radius 3 is 0.526 bits per heavy atom. The first-order chi connectivity index (χ1) is 26.5. The summed E-state index contributed by atoms with van der Waals surface area (Å²) in [6, 6.07) is -0.247. The third-order valence-electron chi connectivity index (χ3n) is 6.72. The molecule has 0 saturated carbocycles. The Balaban J connectivity index is 0.000000688. The second-order valence-corrected chi connectivity index (χ2v) is 11.0. The van der Waals surface area contributed by atoms with Crippen LogP contribution in [0, 0.1) is 116 Å². The van der Waals surface area contributed by atoms with Gasteiger partial charge in [0.1, 0.15) is 0 Å². The van der Waals surface area contributed by atoms with Gasteiger partial charge in [0, 0.05) is 24.3 Å². The van der Waals surface area contributed by atoms with Gasteiger partial charge >= 0.3 is 0 Å². The van der Waals surface area contributed by atoms with E-state index in [1.165, 1.54) is 58.2 Å². The van der Waals surface area contributed by atoms with Gasteiger partial charge in [-0.25, -0.2) is 87.8 Å². The molecule has 4 aromatic carbocycles. The highest BCUT2D eigenvalue weighted by Crippen LogP contribution is 2.19. The van der Waals surface area contributed by atoms with Gasteiger partial charge in [0.05, 0.1) is 0 Å². The van der Waals surface area contributed by atoms with Crippen LogP contribution >= 0.6 is 0 Å². The summed E-state index contributed by atoms with van der Waals surface area (Å²) in [5.74, 6) is -38.6. The SMILES string of the molecule is CCCCN(CCCC)CCCC.Fc1cc(F)c(F)c(F)c1F.Fc1cc(F)c(F)c(F)c1F.Fc1cc(F)c(F)c(F)c1F.Fc1cc(F)c(F)c(F)c1F. The molecule has 4 rings (SSSR count). The maximum atomic E-state index is 12.0. The van der Waals surface area contributed by atoms with Crippen LogP contribution in [0.25, 0.3) is 0 Å². The molecule has 0 N–H and O–H groups in total. The van der Waals surface area contributed by atoms with Gasteiger partial charge < -0.3 is 4.90 Å². The standard InChI is InChI=1S/C12H27N.4C6HF5/c1-4-7-10-13(11-8-5-2)12-9-6-3;4*7-2-1-3(8)5(10)6(11)4(2)9/h4-12H2,1-3H3;4*1H.